The molecule has 9 nitrogen and oxygen atoms in total. The molecule has 6 aliphatic rings. The second-order valence-corrected chi connectivity index (χ2v) is 16.7. The minimum atomic E-state index is -0.746. The highest BCUT2D eigenvalue weighted by Crippen LogP contribution is 2.57. The fraction of sp³-hybridized carbons (Fsp3) is 0.581. The lowest BCUT2D eigenvalue weighted by Gasteiger charge is -2.57. The van der Waals surface area contributed by atoms with Gasteiger partial charge in [0.05, 0.1) is 32.8 Å². The summed E-state index contributed by atoms with van der Waals surface area (Å²) in [6, 6.07) is 13.1. The number of likely N-dealkylation sites (N-methyl/N-ethyl adjacent to an activating group) is 1. The maximum atomic E-state index is 14.4. The van der Waals surface area contributed by atoms with Crippen molar-refractivity contribution in [1.29, 1.82) is 0 Å². The number of nitrogens with zero attached hydrogens (tertiary/aromatic N) is 2. The van der Waals surface area contributed by atoms with Crippen LogP contribution in [0.3, 0.4) is 0 Å². The van der Waals surface area contributed by atoms with E-state index in [2.05, 4.69) is 77.1 Å². The smallest absolute Gasteiger partial charge is 0.319 e. The van der Waals surface area contributed by atoms with E-state index in [1.54, 1.807) is 21.3 Å². The molecule has 3 saturated heterocycles. The highest BCUT2D eigenvalue weighted by atomic mass is 16.5. The fourth-order valence-electron chi connectivity index (χ4n) is 12.5. The summed E-state index contributed by atoms with van der Waals surface area (Å²) in [7, 11) is 7.06. The first-order chi connectivity index (χ1) is 25.3. The van der Waals surface area contributed by atoms with Crippen molar-refractivity contribution in [2.75, 3.05) is 48.0 Å². The van der Waals surface area contributed by atoms with Gasteiger partial charge in [0.25, 0.3) is 0 Å². The molecular formula is C43H54N4O5. The van der Waals surface area contributed by atoms with Gasteiger partial charge in [-0.1, -0.05) is 44.9 Å². The Labute approximate surface area is 306 Å². The first-order valence-corrected chi connectivity index (χ1v) is 19.7. The van der Waals surface area contributed by atoms with Gasteiger partial charge >= 0.3 is 11.9 Å². The molecule has 52 heavy (non-hydrogen) atoms. The molecule has 10 atom stereocenters. The Hall–Kier alpha value is -3.82. The van der Waals surface area contributed by atoms with E-state index >= 15 is 0 Å². The van der Waals surface area contributed by atoms with Gasteiger partial charge in [-0.2, -0.15) is 0 Å². The number of aromatic nitrogens is 2. The van der Waals surface area contributed by atoms with Gasteiger partial charge in [0.15, 0.2) is 0 Å². The Kier molecular flexibility index (Phi) is 8.27. The zero-order valence-corrected chi connectivity index (χ0v) is 31.6. The quantitative estimate of drug-likeness (QED) is 0.219. The average molecular weight is 707 g/mol. The number of H-pyrrole nitrogens is 2. The Balaban J connectivity index is 1.31. The van der Waals surface area contributed by atoms with E-state index in [1.165, 1.54) is 34.0 Å². The Morgan fingerprint density at radius 1 is 0.923 bits per heavy atom. The lowest BCUT2D eigenvalue weighted by atomic mass is 9.56. The van der Waals surface area contributed by atoms with Crippen molar-refractivity contribution >= 4 is 33.7 Å². The van der Waals surface area contributed by atoms with E-state index in [4.69, 9.17) is 14.2 Å². The van der Waals surface area contributed by atoms with E-state index in [1.807, 2.05) is 0 Å². The summed E-state index contributed by atoms with van der Waals surface area (Å²) >= 11 is 0. The molecule has 4 aliphatic heterocycles. The van der Waals surface area contributed by atoms with Crippen molar-refractivity contribution in [3.05, 3.63) is 64.5 Å². The molecule has 2 aromatic carbocycles. The van der Waals surface area contributed by atoms with Crippen LogP contribution in [-0.4, -0.2) is 91.8 Å². The standard InChI is InChI=1S/C43H54N4O5/c1-7-24-17-23-20-43(42(49)52-6)39-28(15-16-47(21-23)40(24)43)27-13-14-34(50-4)36(38(27)45-39)31-18-29-25(8-2)22-46(3)33(35(29)41(48)51-5)19-30-26-11-9-10-12-32(26)44-37(30)31/h9-14,23-25,29,31,33,35,40,44-45H,7-8,15-22H2,1-6H3/t23-,24+,25-,29+,31+,33+,35+,40+,43-/m1/s1. The van der Waals surface area contributed by atoms with Gasteiger partial charge in [-0.25, -0.2) is 0 Å². The number of benzene rings is 2. The number of rotatable bonds is 6. The molecule has 0 radical (unpaired) electrons. The summed E-state index contributed by atoms with van der Waals surface area (Å²) < 4.78 is 17.7. The Bertz CT molecular complexity index is 2050. The van der Waals surface area contributed by atoms with Crippen LogP contribution in [0.15, 0.2) is 36.4 Å². The zero-order chi connectivity index (χ0) is 36.1. The fourth-order valence-corrected chi connectivity index (χ4v) is 12.5. The van der Waals surface area contributed by atoms with Gasteiger partial charge in [0, 0.05) is 70.9 Å². The number of fused-ring (bicyclic) bond motifs is 9. The van der Waals surface area contributed by atoms with Crippen LogP contribution in [-0.2, 0) is 37.3 Å². The second-order valence-electron chi connectivity index (χ2n) is 16.7. The molecule has 1 saturated carbocycles. The van der Waals surface area contributed by atoms with Crippen LogP contribution in [0.25, 0.3) is 21.8 Å². The van der Waals surface area contributed by atoms with Gasteiger partial charge < -0.3 is 29.1 Å². The number of aromatic amines is 2. The van der Waals surface area contributed by atoms with Crippen LogP contribution in [0.5, 0.6) is 5.75 Å². The monoisotopic (exact) mass is 706 g/mol. The van der Waals surface area contributed by atoms with Crippen LogP contribution < -0.4 is 4.74 Å². The number of nitrogens with one attached hydrogen (secondary N) is 2. The third-order valence-corrected chi connectivity index (χ3v) is 14.6. The number of esters is 2. The van der Waals surface area contributed by atoms with Gasteiger partial charge in [-0.3, -0.25) is 14.5 Å². The molecular weight excluding hydrogens is 652 g/mol. The maximum absolute atomic E-state index is 14.4. The summed E-state index contributed by atoms with van der Waals surface area (Å²) in [6.45, 7) is 7.48. The molecule has 1 unspecified atom stereocenters. The number of piperidine rings is 3. The normalized spacial score (nSPS) is 33.8. The predicted molar refractivity (Wildman–Crippen MR) is 202 cm³/mol. The number of hydrogen-bond acceptors (Lipinski definition) is 7. The highest BCUT2D eigenvalue weighted by molar-refractivity contribution is 5.95. The zero-order valence-electron chi connectivity index (χ0n) is 31.6. The first-order valence-electron chi connectivity index (χ1n) is 19.7. The summed E-state index contributed by atoms with van der Waals surface area (Å²) in [5, 5.41) is 2.38. The molecule has 10 rings (SSSR count). The average Bonchev–Trinajstić information content (AvgIpc) is 3.70. The van der Waals surface area contributed by atoms with E-state index in [9.17, 15) is 9.59 Å². The van der Waals surface area contributed by atoms with Crippen LogP contribution >= 0.6 is 0 Å². The number of likely N-dealkylation sites (tertiary alicyclic amines) is 1. The molecule has 2 aromatic heterocycles. The molecule has 2 aliphatic carbocycles. The second kappa shape index (κ2) is 12.7. The van der Waals surface area contributed by atoms with Crippen molar-refractivity contribution in [1.82, 2.24) is 19.8 Å². The number of carbonyl (C=O) groups excluding carboxylic acids is 2. The van der Waals surface area contributed by atoms with Gasteiger partial charge in [0.1, 0.15) is 11.2 Å². The van der Waals surface area contributed by atoms with Crippen molar-refractivity contribution in [2.24, 2.45) is 29.6 Å². The van der Waals surface area contributed by atoms with Crippen LogP contribution in [0.2, 0.25) is 0 Å². The van der Waals surface area contributed by atoms with E-state index in [0.717, 1.165) is 86.2 Å². The van der Waals surface area contributed by atoms with Crippen molar-refractivity contribution in [2.45, 2.75) is 82.2 Å². The van der Waals surface area contributed by atoms with Crippen LogP contribution in [0.1, 0.15) is 79.9 Å². The largest absolute Gasteiger partial charge is 0.496 e. The summed E-state index contributed by atoms with van der Waals surface area (Å²) in [5.41, 5.74) is 7.31. The van der Waals surface area contributed by atoms with Gasteiger partial charge in [-0.15, -0.1) is 0 Å². The number of methoxy groups -OCH3 is 3. The number of ether oxygens (including phenoxy) is 3. The van der Waals surface area contributed by atoms with Crippen molar-refractivity contribution in [3.63, 3.8) is 0 Å². The van der Waals surface area contributed by atoms with Gasteiger partial charge in [-0.05, 0) is 92.1 Å². The molecule has 0 spiro atoms. The lowest BCUT2D eigenvalue weighted by molar-refractivity contribution is -0.162. The number of para-hydroxylation sites is 1. The topological polar surface area (TPSA) is 99.9 Å². The molecule has 276 valence electrons. The van der Waals surface area contributed by atoms with E-state index < -0.39 is 5.41 Å². The van der Waals surface area contributed by atoms with Crippen molar-refractivity contribution < 1.29 is 23.8 Å². The number of hydrogen-bond donors (Lipinski definition) is 2. The highest BCUT2D eigenvalue weighted by Gasteiger charge is 2.63. The third kappa shape index (κ3) is 4.66. The predicted octanol–water partition coefficient (Wildman–Crippen LogP) is 6.57. The molecule has 4 aromatic rings. The summed E-state index contributed by atoms with van der Waals surface area (Å²) in [5.74, 6) is 1.62. The Morgan fingerprint density at radius 3 is 2.48 bits per heavy atom. The van der Waals surface area contributed by atoms with Crippen molar-refractivity contribution in [3.8, 4) is 5.75 Å². The first kappa shape index (κ1) is 34.0. The summed E-state index contributed by atoms with van der Waals surface area (Å²) in [6.07, 6.45) is 6.43. The van der Waals surface area contributed by atoms with Crippen LogP contribution in [0, 0.1) is 29.6 Å². The molecule has 0 amide bonds. The van der Waals surface area contributed by atoms with E-state index in [0.29, 0.717) is 17.8 Å². The third-order valence-electron chi connectivity index (χ3n) is 14.6. The van der Waals surface area contributed by atoms with E-state index in [-0.39, 0.29) is 41.8 Å². The molecule has 6 bridgehead atoms. The van der Waals surface area contributed by atoms with Crippen LogP contribution in [0.4, 0.5) is 0 Å². The molecule has 4 fully saturated rings. The summed E-state index contributed by atoms with van der Waals surface area (Å²) in [4.78, 5) is 41.3. The SMILES string of the molecule is CC[C@@H]1CN(C)[C@H]2Cc3c([nH]c4ccccc34)[C@H](c3c(OC)ccc4c5c([nH]c34)[C@]3(C(=O)OC)C[C@H]4C[C@H](CC)[C@@H]3N(CC5)C4)C[C@@H]1[C@@H]2C(=O)OC. The minimum absolute atomic E-state index is 0.0366. The lowest BCUT2D eigenvalue weighted by Crippen LogP contribution is -2.67. The molecule has 9 heteroatoms. The number of carbonyl (C=O) groups is 2. The molecule has 2 N–H and O–H groups in total. The maximum Gasteiger partial charge on any atom is 0.319 e. The Morgan fingerprint density at radius 2 is 1.73 bits per heavy atom. The molecule has 6 heterocycles. The van der Waals surface area contributed by atoms with Gasteiger partial charge in [0.2, 0.25) is 0 Å². The minimum Gasteiger partial charge on any atom is -0.496 e.